The normalized spacial score (nSPS) is 10.9. The monoisotopic (exact) mass is 200 g/mol. The summed E-state index contributed by atoms with van der Waals surface area (Å²) in [7, 11) is 0. The summed E-state index contributed by atoms with van der Waals surface area (Å²) in [4.78, 5) is 4.55. The molecule has 0 saturated carbocycles. The predicted molar refractivity (Wildman–Crippen MR) is 64.0 cm³/mol. The number of aryl methyl sites for hydroxylation is 2. The van der Waals surface area contributed by atoms with Gasteiger partial charge in [-0.1, -0.05) is 12.1 Å². The molecule has 0 amide bonds. The highest BCUT2D eigenvalue weighted by Gasteiger charge is 2.02. The first kappa shape index (κ1) is 10.1. The second-order valence-corrected chi connectivity index (χ2v) is 3.98. The van der Waals surface area contributed by atoms with Gasteiger partial charge < -0.3 is 5.73 Å². The highest BCUT2D eigenvalue weighted by atomic mass is 14.7. The molecular weight excluding hydrogens is 184 g/mol. The molecule has 0 atom stereocenters. The van der Waals surface area contributed by atoms with Crippen molar-refractivity contribution in [2.24, 2.45) is 5.73 Å². The number of benzene rings is 1. The maximum absolute atomic E-state index is 5.56. The number of fused-ring (bicyclic) bond motifs is 1. The smallest absolute Gasteiger partial charge is 0.0734 e. The number of pyridine rings is 1. The van der Waals surface area contributed by atoms with Crippen molar-refractivity contribution < 1.29 is 0 Å². The van der Waals surface area contributed by atoms with Crippen LogP contribution in [0.3, 0.4) is 0 Å². The number of aromatic nitrogens is 1. The van der Waals surface area contributed by atoms with E-state index in [1.807, 2.05) is 13.0 Å². The fourth-order valence-electron chi connectivity index (χ4n) is 1.90. The van der Waals surface area contributed by atoms with Crippen LogP contribution in [0.2, 0.25) is 0 Å². The third kappa shape index (κ3) is 2.00. The zero-order chi connectivity index (χ0) is 10.8. The minimum absolute atomic E-state index is 0.699. The van der Waals surface area contributed by atoms with Gasteiger partial charge in [0.25, 0.3) is 0 Å². The summed E-state index contributed by atoms with van der Waals surface area (Å²) in [6.45, 7) is 4.83. The van der Waals surface area contributed by atoms with E-state index < -0.39 is 0 Å². The molecule has 2 aromatic rings. The van der Waals surface area contributed by atoms with E-state index in [0.29, 0.717) is 6.54 Å². The molecule has 2 heteroatoms. The molecule has 1 aromatic heterocycles. The molecule has 0 aliphatic carbocycles. The lowest BCUT2D eigenvalue weighted by Gasteiger charge is -2.06. The average molecular weight is 200 g/mol. The summed E-state index contributed by atoms with van der Waals surface area (Å²) in [5.41, 5.74) is 10.3. The van der Waals surface area contributed by atoms with Crippen molar-refractivity contribution in [3.8, 4) is 0 Å². The van der Waals surface area contributed by atoms with Crippen LogP contribution in [0.5, 0.6) is 0 Å². The standard InChI is InChI=1S/C13H16N2/c1-9-7-11(5-6-14)8-12-4-3-10(2)15-13(9)12/h3-4,7-8H,5-6,14H2,1-2H3. The fraction of sp³-hybridized carbons (Fsp3) is 0.308. The Morgan fingerprint density at radius 3 is 2.73 bits per heavy atom. The van der Waals surface area contributed by atoms with Gasteiger partial charge in [0.05, 0.1) is 5.52 Å². The highest BCUT2D eigenvalue weighted by Crippen LogP contribution is 2.19. The van der Waals surface area contributed by atoms with Crippen LogP contribution in [0.15, 0.2) is 24.3 Å². The summed E-state index contributed by atoms with van der Waals surface area (Å²) in [6, 6.07) is 8.54. The molecular formula is C13H16N2. The van der Waals surface area contributed by atoms with Gasteiger partial charge in [0, 0.05) is 11.1 Å². The molecule has 2 rings (SSSR count). The SMILES string of the molecule is Cc1ccc2cc(CCN)cc(C)c2n1. The first-order chi connectivity index (χ1) is 7.20. The molecule has 0 aliphatic heterocycles. The van der Waals surface area contributed by atoms with Gasteiger partial charge in [0.1, 0.15) is 0 Å². The van der Waals surface area contributed by atoms with Crippen molar-refractivity contribution in [3.05, 3.63) is 41.1 Å². The van der Waals surface area contributed by atoms with E-state index in [-0.39, 0.29) is 0 Å². The second kappa shape index (κ2) is 3.99. The van der Waals surface area contributed by atoms with Gasteiger partial charge in [0.2, 0.25) is 0 Å². The molecule has 0 radical (unpaired) electrons. The number of hydrogen-bond acceptors (Lipinski definition) is 2. The minimum Gasteiger partial charge on any atom is -0.330 e. The molecule has 2 nitrogen and oxygen atoms in total. The van der Waals surface area contributed by atoms with Gasteiger partial charge in [-0.2, -0.15) is 0 Å². The van der Waals surface area contributed by atoms with Crippen molar-refractivity contribution >= 4 is 10.9 Å². The molecule has 1 heterocycles. The number of hydrogen-bond donors (Lipinski definition) is 1. The summed E-state index contributed by atoms with van der Waals surface area (Å²) in [5.74, 6) is 0. The number of nitrogens with two attached hydrogens (primary N) is 1. The van der Waals surface area contributed by atoms with E-state index in [1.165, 1.54) is 16.5 Å². The molecule has 78 valence electrons. The van der Waals surface area contributed by atoms with Crippen molar-refractivity contribution in [2.45, 2.75) is 20.3 Å². The Balaban J connectivity index is 2.62. The Morgan fingerprint density at radius 1 is 1.20 bits per heavy atom. The van der Waals surface area contributed by atoms with Gasteiger partial charge in [-0.05, 0) is 50.1 Å². The first-order valence-corrected chi connectivity index (χ1v) is 5.27. The van der Waals surface area contributed by atoms with Gasteiger partial charge in [0.15, 0.2) is 0 Å². The van der Waals surface area contributed by atoms with Crippen molar-refractivity contribution in [3.63, 3.8) is 0 Å². The van der Waals surface area contributed by atoms with E-state index >= 15 is 0 Å². The molecule has 0 spiro atoms. The lowest BCUT2D eigenvalue weighted by Crippen LogP contribution is -2.03. The summed E-state index contributed by atoms with van der Waals surface area (Å²) >= 11 is 0. The molecule has 1 aromatic carbocycles. The minimum atomic E-state index is 0.699. The summed E-state index contributed by atoms with van der Waals surface area (Å²) in [6.07, 6.45) is 0.935. The molecule has 0 fully saturated rings. The topological polar surface area (TPSA) is 38.9 Å². The number of rotatable bonds is 2. The molecule has 0 aliphatic rings. The van der Waals surface area contributed by atoms with E-state index in [2.05, 4.69) is 30.1 Å². The third-order valence-corrected chi connectivity index (χ3v) is 2.62. The van der Waals surface area contributed by atoms with Crippen LogP contribution in [-0.4, -0.2) is 11.5 Å². The predicted octanol–water partition coefficient (Wildman–Crippen LogP) is 2.35. The maximum atomic E-state index is 5.56. The lowest BCUT2D eigenvalue weighted by molar-refractivity contribution is 0.968. The number of nitrogens with zero attached hydrogens (tertiary/aromatic N) is 1. The van der Waals surface area contributed by atoms with E-state index in [9.17, 15) is 0 Å². The van der Waals surface area contributed by atoms with Crippen molar-refractivity contribution in [1.82, 2.24) is 4.98 Å². The summed E-state index contributed by atoms with van der Waals surface area (Å²) < 4.78 is 0. The van der Waals surface area contributed by atoms with Gasteiger partial charge in [-0.3, -0.25) is 4.98 Å². The molecule has 2 N–H and O–H groups in total. The molecule has 0 saturated heterocycles. The van der Waals surface area contributed by atoms with Crippen LogP contribution in [0, 0.1) is 13.8 Å². The Bertz CT molecular complexity index is 489. The quantitative estimate of drug-likeness (QED) is 0.808. The average Bonchev–Trinajstić information content (AvgIpc) is 2.20. The van der Waals surface area contributed by atoms with Crippen molar-refractivity contribution in [2.75, 3.05) is 6.54 Å². The van der Waals surface area contributed by atoms with Crippen LogP contribution in [0.25, 0.3) is 10.9 Å². The van der Waals surface area contributed by atoms with Crippen LogP contribution in [0.1, 0.15) is 16.8 Å². The van der Waals surface area contributed by atoms with Gasteiger partial charge in [-0.15, -0.1) is 0 Å². The maximum Gasteiger partial charge on any atom is 0.0734 e. The highest BCUT2D eigenvalue weighted by molar-refractivity contribution is 5.82. The Kier molecular flexibility index (Phi) is 2.69. The first-order valence-electron chi connectivity index (χ1n) is 5.27. The molecule has 0 unspecified atom stereocenters. The van der Waals surface area contributed by atoms with Crippen LogP contribution >= 0.6 is 0 Å². The zero-order valence-corrected chi connectivity index (χ0v) is 9.25. The largest absolute Gasteiger partial charge is 0.330 e. The lowest BCUT2D eigenvalue weighted by atomic mass is 10.0. The summed E-state index contributed by atoms with van der Waals surface area (Å²) in [5, 5.41) is 1.21. The Morgan fingerprint density at radius 2 is 2.00 bits per heavy atom. The van der Waals surface area contributed by atoms with Crippen LogP contribution in [0.4, 0.5) is 0 Å². The van der Waals surface area contributed by atoms with Crippen molar-refractivity contribution in [1.29, 1.82) is 0 Å². The van der Waals surface area contributed by atoms with Gasteiger partial charge >= 0.3 is 0 Å². The van der Waals surface area contributed by atoms with E-state index in [4.69, 9.17) is 5.73 Å². The van der Waals surface area contributed by atoms with E-state index in [1.54, 1.807) is 0 Å². The zero-order valence-electron chi connectivity index (χ0n) is 9.25. The second-order valence-electron chi connectivity index (χ2n) is 3.98. The van der Waals surface area contributed by atoms with Crippen LogP contribution in [-0.2, 0) is 6.42 Å². The van der Waals surface area contributed by atoms with Crippen LogP contribution < -0.4 is 5.73 Å². The Hall–Kier alpha value is -1.41. The van der Waals surface area contributed by atoms with E-state index in [0.717, 1.165) is 17.6 Å². The fourth-order valence-corrected chi connectivity index (χ4v) is 1.90. The molecule has 15 heavy (non-hydrogen) atoms. The third-order valence-electron chi connectivity index (χ3n) is 2.62. The van der Waals surface area contributed by atoms with Gasteiger partial charge in [-0.25, -0.2) is 0 Å². The molecule has 0 bridgehead atoms. The Labute approximate surface area is 90.1 Å².